The van der Waals surface area contributed by atoms with Crippen LogP contribution in [0.4, 0.5) is 4.39 Å². The van der Waals surface area contributed by atoms with Gasteiger partial charge in [-0.3, -0.25) is 4.79 Å². The van der Waals surface area contributed by atoms with E-state index in [9.17, 15) is 14.0 Å². The van der Waals surface area contributed by atoms with Gasteiger partial charge >= 0.3 is 5.97 Å². The Morgan fingerprint density at radius 3 is 2.09 bits per heavy atom. The number of nitrogens with one attached hydrogen (secondary N) is 1. The normalized spacial score (nSPS) is 11.5. The second kappa shape index (κ2) is 11.1. The highest BCUT2D eigenvalue weighted by molar-refractivity contribution is 5.89. The van der Waals surface area contributed by atoms with Crippen LogP contribution in [0.1, 0.15) is 39.5 Å². The summed E-state index contributed by atoms with van der Waals surface area (Å²) in [6, 6.07) is 20.6. The van der Waals surface area contributed by atoms with E-state index in [1.165, 1.54) is 19.2 Å². The number of halogens is 1. The van der Waals surface area contributed by atoms with Crippen LogP contribution in [-0.2, 0) is 22.4 Å². The van der Waals surface area contributed by atoms with Crippen LogP contribution >= 0.6 is 0 Å². The van der Waals surface area contributed by atoms with Crippen molar-refractivity contribution in [2.24, 2.45) is 0 Å². The van der Waals surface area contributed by atoms with Crippen LogP contribution in [0.25, 0.3) is 0 Å². The molecule has 0 saturated heterocycles. The third-order valence-corrected chi connectivity index (χ3v) is 5.22. The molecule has 0 aromatic heterocycles. The predicted molar refractivity (Wildman–Crippen MR) is 120 cm³/mol. The zero-order valence-electron chi connectivity index (χ0n) is 18.1. The molecule has 1 N–H and O–H groups in total. The lowest BCUT2D eigenvalue weighted by Crippen LogP contribution is -2.30. The molecule has 0 aliphatic rings. The van der Waals surface area contributed by atoms with E-state index >= 15 is 0 Å². The van der Waals surface area contributed by atoms with Crippen molar-refractivity contribution >= 4 is 11.9 Å². The molecule has 0 heterocycles. The molecule has 1 atom stereocenters. The molecule has 0 aliphatic heterocycles. The first-order valence-corrected chi connectivity index (χ1v) is 10.3. The Hall–Kier alpha value is -3.67. The lowest BCUT2D eigenvalue weighted by Gasteiger charge is -2.20. The van der Waals surface area contributed by atoms with Gasteiger partial charge in [-0.2, -0.15) is 0 Å². The van der Waals surface area contributed by atoms with Gasteiger partial charge in [0.1, 0.15) is 11.6 Å². The highest BCUT2D eigenvalue weighted by Gasteiger charge is 2.16. The molecule has 3 aromatic rings. The number of hydrogen-bond donors (Lipinski definition) is 1. The summed E-state index contributed by atoms with van der Waals surface area (Å²) in [5, 5.41) is 3.10. The summed E-state index contributed by atoms with van der Waals surface area (Å²) in [5.74, 6) is -0.0459. The molecular weight excluding hydrogens is 409 g/mol. The Bertz CT molecular complexity index is 1030. The fourth-order valence-corrected chi connectivity index (χ4v) is 3.39. The minimum absolute atomic E-state index is 0.0926. The summed E-state index contributed by atoms with van der Waals surface area (Å²) < 4.78 is 23.2. The zero-order valence-corrected chi connectivity index (χ0v) is 18.1. The van der Waals surface area contributed by atoms with E-state index in [1.807, 2.05) is 36.4 Å². The molecule has 0 spiro atoms. The second-order valence-corrected chi connectivity index (χ2v) is 7.41. The average Bonchev–Trinajstić information content (AvgIpc) is 2.83. The van der Waals surface area contributed by atoms with Gasteiger partial charge in [0.05, 0.1) is 25.8 Å². The number of benzene rings is 3. The van der Waals surface area contributed by atoms with E-state index in [2.05, 4.69) is 5.32 Å². The number of carbonyl (C=O) groups is 2. The smallest absolute Gasteiger partial charge is 0.337 e. The van der Waals surface area contributed by atoms with Crippen LogP contribution < -0.4 is 10.1 Å². The van der Waals surface area contributed by atoms with Crippen LogP contribution in [0.15, 0.2) is 72.8 Å². The Kier molecular flexibility index (Phi) is 7.97. The number of ether oxygens (including phenoxy) is 2. The number of methoxy groups -OCH3 is 2. The largest absolute Gasteiger partial charge is 0.497 e. The molecule has 3 aromatic carbocycles. The number of hydrogen-bond acceptors (Lipinski definition) is 4. The molecule has 6 heteroatoms. The molecule has 3 rings (SSSR count). The van der Waals surface area contributed by atoms with Gasteiger partial charge in [-0.05, 0) is 65.9 Å². The molecule has 0 aliphatic carbocycles. The SMILES string of the molecule is COC(=O)c1ccc(CCC(=O)NC(Cc2ccc(F)cc2)c2ccc(OC)cc2)cc1. The van der Waals surface area contributed by atoms with E-state index in [-0.39, 0.29) is 17.8 Å². The van der Waals surface area contributed by atoms with Gasteiger partial charge in [-0.1, -0.05) is 36.4 Å². The topological polar surface area (TPSA) is 64.6 Å². The van der Waals surface area contributed by atoms with Crippen molar-refractivity contribution in [2.45, 2.75) is 25.3 Å². The number of carbonyl (C=O) groups excluding carboxylic acids is 2. The summed E-state index contributed by atoms with van der Waals surface area (Å²) in [5.41, 5.74) is 3.28. The molecule has 0 radical (unpaired) electrons. The van der Waals surface area contributed by atoms with Crippen LogP contribution in [-0.4, -0.2) is 26.1 Å². The van der Waals surface area contributed by atoms with E-state index in [0.717, 1.165) is 22.4 Å². The van der Waals surface area contributed by atoms with E-state index in [1.54, 1.807) is 31.4 Å². The van der Waals surface area contributed by atoms with Gasteiger partial charge in [0.2, 0.25) is 5.91 Å². The summed E-state index contributed by atoms with van der Waals surface area (Å²) in [6.07, 6.45) is 1.37. The number of amides is 1. The van der Waals surface area contributed by atoms with Crippen LogP contribution in [0.3, 0.4) is 0 Å². The Labute approximate surface area is 187 Å². The minimum Gasteiger partial charge on any atom is -0.497 e. The quantitative estimate of drug-likeness (QED) is 0.497. The van der Waals surface area contributed by atoms with Gasteiger partial charge < -0.3 is 14.8 Å². The first-order valence-electron chi connectivity index (χ1n) is 10.3. The molecule has 32 heavy (non-hydrogen) atoms. The maximum absolute atomic E-state index is 13.3. The van der Waals surface area contributed by atoms with E-state index in [0.29, 0.717) is 24.8 Å². The summed E-state index contributed by atoms with van der Waals surface area (Å²) in [4.78, 5) is 24.3. The van der Waals surface area contributed by atoms with E-state index in [4.69, 9.17) is 9.47 Å². The van der Waals surface area contributed by atoms with Crippen molar-refractivity contribution in [1.82, 2.24) is 5.32 Å². The molecule has 0 bridgehead atoms. The zero-order chi connectivity index (χ0) is 22.9. The molecule has 0 fully saturated rings. The Balaban J connectivity index is 1.66. The first kappa shape index (κ1) is 23.0. The van der Waals surface area contributed by atoms with Crippen molar-refractivity contribution in [3.63, 3.8) is 0 Å². The van der Waals surface area contributed by atoms with Crippen molar-refractivity contribution in [1.29, 1.82) is 0 Å². The van der Waals surface area contributed by atoms with Gasteiger partial charge in [0.25, 0.3) is 0 Å². The molecular formula is C26H26FNO4. The number of aryl methyl sites for hydroxylation is 1. The van der Waals surface area contributed by atoms with Crippen molar-refractivity contribution in [3.05, 3.63) is 101 Å². The molecule has 0 saturated carbocycles. The van der Waals surface area contributed by atoms with E-state index < -0.39 is 5.97 Å². The third kappa shape index (κ3) is 6.41. The molecule has 1 unspecified atom stereocenters. The van der Waals surface area contributed by atoms with Gasteiger partial charge in [-0.15, -0.1) is 0 Å². The van der Waals surface area contributed by atoms with Gasteiger partial charge in [0.15, 0.2) is 0 Å². The highest BCUT2D eigenvalue weighted by Crippen LogP contribution is 2.22. The molecule has 1 amide bonds. The molecule has 5 nitrogen and oxygen atoms in total. The maximum Gasteiger partial charge on any atom is 0.337 e. The minimum atomic E-state index is -0.391. The van der Waals surface area contributed by atoms with Crippen molar-refractivity contribution in [2.75, 3.05) is 14.2 Å². The third-order valence-electron chi connectivity index (χ3n) is 5.22. The Morgan fingerprint density at radius 1 is 0.875 bits per heavy atom. The standard InChI is InChI=1S/C26H26FNO4/c1-31-23-14-10-20(11-15-23)24(17-19-5-12-22(27)13-6-19)28-25(29)16-7-18-3-8-21(9-4-18)26(30)32-2/h3-6,8-15,24H,7,16-17H2,1-2H3,(H,28,29). The van der Waals surface area contributed by atoms with Crippen LogP contribution in [0, 0.1) is 5.82 Å². The van der Waals surface area contributed by atoms with Crippen LogP contribution in [0.2, 0.25) is 0 Å². The monoisotopic (exact) mass is 435 g/mol. The average molecular weight is 435 g/mol. The highest BCUT2D eigenvalue weighted by atomic mass is 19.1. The first-order chi connectivity index (χ1) is 15.5. The Morgan fingerprint density at radius 2 is 1.50 bits per heavy atom. The molecule has 166 valence electrons. The lowest BCUT2D eigenvalue weighted by atomic mass is 9.98. The lowest BCUT2D eigenvalue weighted by molar-refractivity contribution is -0.121. The predicted octanol–water partition coefficient (Wildman–Crippen LogP) is 4.65. The van der Waals surface area contributed by atoms with Crippen molar-refractivity contribution in [3.8, 4) is 5.75 Å². The van der Waals surface area contributed by atoms with Crippen molar-refractivity contribution < 1.29 is 23.5 Å². The fourth-order valence-electron chi connectivity index (χ4n) is 3.39. The summed E-state index contributed by atoms with van der Waals surface area (Å²) >= 11 is 0. The van der Waals surface area contributed by atoms with Gasteiger partial charge in [-0.25, -0.2) is 9.18 Å². The summed E-state index contributed by atoms with van der Waals surface area (Å²) in [6.45, 7) is 0. The van der Waals surface area contributed by atoms with Crippen LogP contribution in [0.5, 0.6) is 5.75 Å². The van der Waals surface area contributed by atoms with Gasteiger partial charge in [0, 0.05) is 6.42 Å². The summed E-state index contributed by atoms with van der Waals surface area (Å²) in [7, 11) is 2.94. The maximum atomic E-state index is 13.3. The number of esters is 1. The number of rotatable bonds is 9. The fraction of sp³-hybridized carbons (Fsp3) is 0.231. The second-order valence-electron chi connectivity index (χ2n) is 7.41.